The summed E-state index contributed by atoms with van der Waals surface area (Å²) in [6.07, 6.45) is 3.77. The summed E-state index contributed by atoms with van der Waals surface area (Å²) in [7, 11) is 0. The Kier molecular flexibility index (Phi) is 5.33. The average molecular weight is 312 g/mol. The maximum Gasteiger partial charge on any atom is 0.243 e. The van der Waals surface area contributed by atoms with Crippen molar-refractivity contribution < 1.29 is 4.79 Å². The first-order valence-electron chi connectivity index (χ1n) is 7.39. The maximum absolute atomic E-state index is 12.1. The highest BCUT2D eigenvalue weighted by Crippen LogP contribution is 2.26. The van der Waals surface area contributed by atoms with E-state index in [9.17, 15) is 4.79 Å². The van der Waals surface area contributed by atoms with E-state index in [0.29, 0.717) is 16.8 Å². The lowest BCUT2D eigenvalue weighted by atomic mass is 9.85. The molecule has 0 unspecified atom stereocenters. The molecule has 7 heteroatoms. The number of halogens is 1. The number of nitrogens with one attached hydrogen (secondary N) is 2. The molecule has 1 saturated carbocycles. The van der Waals surface area contributed by atoms with Crippen molar-refractivity contribution in [1.29, 1.82) is 0 Å². The van der Waals surface area contributed by atoms with Crippen LogP contribution >= 0.6 is 11.6 Å². The molecule has 116 valence electrons. The van der Waals surface area contributed by atoms with Gasteiger partial charge in [-0.1, -0.05) is 18.0 Å². The third kappa shape index (κ3) is 4.52. The largest absolute Gasteiger partial charge is 0.354 e. The van der Waals surface area contributed by atoms with Gasteiger partial charge in [0, 0.05) is 18.0 Å². The molecule has 0 spiro atoms. The van der Waals surface area contributed by atoms with E-state index >= 15 is 0 Å². The van der Waals surface area contributed by atoms with E-state index in [4.69, 9.17) is 11.6 Å². The standard InChI is InChI=1S/C14H22ClN5O/c1-8(2)16-13(21)10-5-4-6-11(7-10)18-14-17-9(3)12(15)19-20-14/h8,10-11H,4-7H2,1-3H3,(H,16,21)(H,17,18,20)/t10-,11+/m0/s1. The SMILES string of the molecule is Cc1nc(N[C@@H]2CCC[C@H](C(=O)NC(C)C)C2)nnc1Cl. The number of amides is 1. The Morgan fingerprint density at radius 1 is 1.33 bits per heavy atom. The van der Waals surface area contributed by atoms with Gasteiger partial charge in [0.1, 0.15) is 0 Å². The lowest BCUT2D eigenvalue weighted by Gasteiger charge is -2.29. The van der Waals surface area contributed by atoms with Crippen LogP contribution in [0.4, 0.5) is 5.95 Å². The smallest absolute Gasteiger partial charge is 0.243 e. The number of aromatic nitrogens is 3. The first kappa shape index (κ1) is 15.9. The number of nitrogens with zero attached hydrogens (tertiary/aromatic N) is 3. The number of carbonyl (C=O) groups is 1. The molecular formula is C14H22ClN5O. The molecule has 21 heavy (non-hydrogen) atoms. The van der Waals surface area contributed by atoms with E-state index in [-0.39, 0.29) is 23.9 Å². The summed E-state index contributed by atoms with van der Waals surface area (Å²) in [4.78, 5) is 16.4. The number of carbonyl (C=O) groups excluding carboxylic acids is 1. The van der Waals surface area contributed by atoms with Crippen LogP contribution in [0.25, 0.3) is 0 Å². The Labute approximate surface area is 130 Å². The Morgan fingerprint density at radius 3 is 2.76 bits per heavy atom. The molecule has 0 bridgehead atoms. The normalized spacial score (nSPS) is 22.1. The van der Waals surface area contributed by atoms with E-state index in [0.717, 1.165) is 25.7 Å². The van der Waals surface area contributed by atoms with Gasteiger partial charge in [0.2, 0.25) is 11.9 Å². The van der Waals surface area contributed by atoms with E-state index in [1.807, 2.05) is 13.8 Å². The Hall–Kier alpha value is -1.43. The number of rotatable bonds is 4. The molecule has 2 rings (SSSR count). The molecule has 0 radical (unpaired) electrons. The van der Waals surface area contributed by atoms with Crippen LogP contribution < -0.4 is 10.6 Å². The van der Waals surface area contributed by atoms with Gasteiger partial charge < -0.3 is 10.6 Å². The van der Waals surface area contributed by atoms with Crippen LogP contribution in [0.3, 0.4) is 0 Å². The molecule has 1 aromatic heterocycles. The van der Waals surface area contributed by atoms with Crippen LogP contribution in [0.1, 0.15) is 45.2 Å². The zero-order valence-corrected chi connectivity index (χ0v) is 13.4. The quantitative estimate of drug-likeness (QED) is 0.892. The predicted octanol–water partition coefficient (Wildman–Crippen LogP) is 2.33. The van der Waals surface area contributed by atoms with Crippen molar-refractivity contribution in [3.63, 3.8) is 0 Å². The van der Waals surface area contributed by atoms with Gasteiger partial charge in [-0.05, 0) is 40.0 Å². The highest BCUT2D eigenvalue weighted by molar-refractivity contribution is 6.29. The van der Waals surface area contributed by atoms with Crippen molar-refractivity contribution in [3.05, 3.63) is 10.8 Å². The average Bonchev–Trinajstić information content (AvgIpc) is 2.42. The molecular weight excluding hydrogens is 290 g/mol. The Bertz CT molecular complexity index is 508. The van der Waals surface area contributed by atoms with Gasteiger partial charge in [-0.3, -0.25) is 4.79 Å². The molecule has 1 aromatic rings. The summed E-state index contributed by atoms with van der Waals surface area (Å²) in [6.45, 7) is 5.75. The summed E-state index contributed by atoms with van der Waals surface area (Å²) in [5.74, 6) is 0.676. The molecule has 1 amide bonds. The number of anilines is 1. The molecule has 0 aliphatic heterocycles. The highest BCUT2D eigenvalue weighted by atomic mass is 35.5. The topological polar surface area (TPSA) is 79.8 Å². The lowest BCUT2D eigenvalue weighted by molar-refractivity contribution is -0.126. The van der Waals surface area contributed by atoms with Crippen molar-refractivity contribution in [2.75, 3.05) is 5.32 Å². The van der Waals surface area contributed by atoms with E-state index < -0.39 is 0 Å². The molecule has 1 aliphatic carbocycles. The first-order chi connectivity index (χ1) is 9.95. The summed E-state index contributed by atoms with van der Waals surface area (Å²) in [5, 5.41) is 14.4. The van der Waals surface area contributed by atoms with Gasteiger partial charge in [-0.15, -0.1) is 10.2 Å². The second-order valence-electron chi connectivity index (χ2n) is 5.88. The minimum atomic E-state index is 0.0556. The number of hydrogen-bond acceptors (Lipinski definition) is 5. The predicted molar refractivity (Wildman–Crippen MR) is 82.2 cm³/mol. The van der Waals surface area contributed by atoms with Crippen LogP contribution in [0.5, 0.6) is 0 Å². The van der Waals surface area contributed by atoms with Crippen LogP contribution in [0.2, 0.25) is 5.15 Å². The molecule has 1 aliphatic rings. The molecule has 1 heterocycles. The van der Waals surface area contributed by atoms with Gasteiger partial charge in [0.05, 0.1) is 5.69 Å². The van der Waals surface area contributed by atoms with Crippen LogP contribution in [-0.4, -0.2) is 33.2 Å². The fraction of sp³-hybridized carbons (Fsp3) is 0.714. The third-order valence-corrected chi connectivity index (χ3v) is 3.96. The summed E-state index contributed by atoms with van der Waals surface area (Å²) in [5.41, 5.74) is 0.652. The van der Waals surface area contributed by atoms with E-state index in [1.54, 1.807) is 6.92 Å². The molecule has 0 aromatic carbocycles. The van der Waals surface area contributed by atoms with Crippen molar-refractivity contribution in [2.45, 2.75) is 58.5 Å². The third-order valence-electron chi connectivity index (χ3n) is 3.61. The first-order valence-corrected chi connectivity index (χ1v) is 7.77. The van der Waals surface area contributed by atoms with Crippen LogP contribution in [-0.2, 0) is 4.79 Å². The molecule has 2 N–H and O–H groups in total. The van der Waals surface area contributed by atoms with Gasteiger partial charge in [-0.2, -0.15) is 0 Å². The molecule has 1 fully saturated rings. The van der Waals surface area contributed by atoms with Crippen LogP contribution in [0, 0.1) is 12.8 Å². The second kappa shape index (κ2) is 7.02. The molecule has 0 saturated heterocycles. The molecule has 6 nitrogen and oxygen atoms in total. The van der Waals surface area contributed by atoms with Crippen molar-refractivity contribution >= 4 is 23.5 Å². The van der Waals surface area contributed by atoms with Gasteiger partial charge in [0.15, 0.2) is 5.15 Å². The fourth-order valence-corrected chi connectivity index (χ4v) is 2.68. The Morgan fingerprint density at radius 2 is 2.10 bits per heavy atom. The summed E-state index contributed by atoms with van der Waals surface area (Å²) >= 11 is 5.82. The van der Waals surface area contributed by atoms with Gasteiger partial charge in [-0.25, -0.2) is 4.98 Å². The van der Waals surface area contributed by atoms with Crippen molar-refractivity contribution in [2.24, 2.45) is 5.92 Å². The second-order valence-corrected chi connectivity index (χ2v) is 6.24. The monoisotopic (exact) mass is 311 g/mol. The zero-order chi connectivity index (χ0) is 15.4. The van der Waals surface area contributed by atoms with Crippen molar-refractivity contribution in [1.82, 2.24) is 20.5 Å². The Balaban J connectivity index is 1.94. The number of aryl methyl sites for hydroxylation is 1. The summed E-state index contributed by atoms with van der Waals surface area (Å²) in [6, 6.07) is 0.376. The van der Waals surface area contributed by atoms with E-state index in [2.05, 4.69) is 25.8 Å². The maximum atomic E-state index is 12.1. The minimum Gasteiger partial charge on any atom is -0.354 e. The fourth-order valence-electron chi connectivity index (χ4n) is 2.60. The summed E-state index contributed by atoms with van der Waals surface area (Å²) < 4.78 is 0. The van der Waals surface area contributed by atoms with Gasteiger partial charge in [0.25, 0.3) is 0 Å². The van der Waals surface area contributed by atoms with E-state index in [1.165, 1.54) is 0 Å². The number of hydrogen-bond donors (Lipinski definition) is 2. The highest BCUT2D eigenvalue weighted by Gasteiger charge is 2.28. The van der Waals surface area contributed by atoms with Crippen molar-refractivity contribution in [3.8, 4) is 0 Å². The van der Waals surface area contributed by atoms with Crippen LogP contribution in [0.15, 0.2) is 0 Å². The molecule has 2 atom stereocenters. The minimum absolute atomic E-state index is 0.0556. The lowest BCUT2D eigenvalue weighted by Crippen LogP contribution is -2.40. The van der Waals surface area contributed by atoms with Gasteiger partial charge >= 0.3 is 0 Å². The zero-order valence-electron chi connectivity index (χ0n) is 12.7.